The fraction of sp³-hybridized carbons (Fsp3) is 0. The quantitative estimate of drug-likeness (QED) is 0.211. The van der Waals surface area contributed by atoms with Gasteiger partial charge >= 0.3 is 0 Å². The maximum Gasteiger partial charge on any atom is 0.173 e. The second-order valence-electron chi connectivity index (χ2n) is 9.60. The van der Waals surface area contributed by atoms with Crippen molar-refractivity contribution in [2.45, 2.75) is 9.79 Å². The highest BCUT2D eigenvalue weighted by atomic mass is 32.2. The lowest BCUT2D eigenvalue weighted by Gasteiger charge is -2.32. The van der Waals surface area contributed by atoms with Crippen LogP contribution >= 0.6 is 23.3 Å². The zero-order valence-corrected chi connectivity index (χ0v) is 22.4. The number of hydrogen-bond donors (Lipinski definition) is 0. The van der Waals surface area contributed by atoms with Gasteiger partial charge in [-0.15, -0.1) is 0 Å². The Morgan fingerprint density at radius 2 is 1.10 bits per heavy atom. The van der Waals surface area contributed by atoms with Crippen molar-refractivity contribution in [3.8, 4) is 22.0 Å². The van der Waals surface area contributed by atoms with Gasteiger partial charge in [-0.1, -0.05) is 72.4 Å². The zero-order chi connectivity index (χ0) is 25.8. The van der Waals surface area contributed by atoms with E-state index in [1.165, 1.54) is 54.2 Å². The Balaban J connectivity index is 1.13. The summed E-state index contributed by atoms with van der Waals surface area (Å²) < 4.78 is 4.72. The summed E-state index contributed by atoms with van der Waals surface area (Å²) in [6.07, 6.45) is 0. The molecule has 0 amide bonds. The van der Waals surface area contributed by atoms with Crippen LogP contribution in [0.1, 0.15) is 0 Å². The summed E-state index contributed by atoms with van der Waals surface area (Å²) in [6, 6.07) is 45.3. The Kier molecular flexibility index (Phi) is 5.25. The number of anilines is 3. The summed E-state index contributed by atoms with van der Waals surface area (Å²) in [7, 11) is 0. The first-order valence-corrected chi connectivity index (χ1v) is 14.4. The summed E-state index contributed by atoms with van der Waals surface area (Å²) in [5.74, 6) is 0.759. The molecule has 0 unspecified atom stereocenters. The lowest BCUT2D eigenvalue weighted by atomic mass is 10.0. The highest BCUT2D eigenvalue weighted by Crippen LogP contribution is 2.51. The van der Waals surface area contributed by atoms with Crippen LogP contribution in [0.15, 0.2) is 137 Å². The van der Waals surface area contributed by atoms with Crippen molar-refractivity contribution in [1.29, 1.82) is 0 Å². The average Bonchev–Trinajstić information content (AvgIpc) is 3.49. The number of hydrogen-bond acceptors (Lipinski definition) is 5. The molecule has 5 heteroatoms. The van der Waals surface area contributed by atoms with Crippen LogP contribution in [0.25, 0.3) is 43.5 Å². The van der Waals surface area contributed by atoms with Gasteiger partial charge in [0.25, 0.3) is 0 Å². The molecule has 0 aliphatic carbocycles. The van der Waals surface area contributed by atoms with Crippen molar-refractivity contribution in [3.05, 3.63) is 127 Å². The van der Waals surface area contributed by atoms with Crippen LogP contribution in [0.5, 0.6) is 0 Å². The first-order valence-electron chi connectivity index (χ1n) is 12.8. The van der Waals surface area contributed by atoms with Crippen LogP contribution in [0, 0.1) is 0 Å². The van der Waals surface area contributed by atoms with E-state index in [0.29, 0.717) is 0 Å². The summed E-state index contributed by atoms with van der Waals surface area (Å²) in [6.45, 7) is 0. The molecule has 6 aromatic carbocycles. The number of fused-ring (bicyclic) bond motifs is 4. The fourth-order valence-electron chi connectivity index (χ4n) is 5.27. The van der Waals surface area contributed by atoms with Gasteiger partial charge in [0.05, 0.1) is 11.4 Å². The normalized spacial score (nSPS) is 12.5. The minimum atomic E-state index is 0.759. The minimum absolute atomic E-state index is 0.759. The highest BCUT2D eigenvalue weighted by molar-refractivity contribution is 7.99. The van der Waals surface area contributed by atoms with Gasteiger partial charge in [0, 0.05) is 26.6 Å². The van der Waals surface area contributed by atoms with Crippen LogP contribution in [0.2, 0.25) is 0 Å². The molecule has 3 nitrogen and oxygen atoms in total. The van der Waals surface area contributed by atoms with Crippen LogP contribution in [-0.2, 0) is 0 Å². The number of rotatable bonds is 3. The number of nitrogens with zero attached hydrogens (tertiary/aromatic N) is 3. The molecule has 0 saturated heterocycles. The van der Waals surface area contributed by atoms with E-state index in [4.69, 9.17) is 9.36 Å². The Labute approximate surface area is 234 Å². The highest BCUT2D eigenvalue weighted by Gasteiger charge is 2.24. The van der Waals surface area contributed by atoms with E-state index in [1.807, 2.05) is 11.8 Å². The van der Waals surface area contributed by atoms with Crippen LogP contribution < -0.4 is 4.90 Å². The average molecular weight is 536 g/mol. The first-order chi connectivity index (χ1) is 19.3. The van der Waals surface area contributed by atoms with Gasteiger partial charge in [-0.3, -0.25) is 0 Å². The molecule has 0 bridgehead atoms. The lowest BCUT2D eigenvalue weighted by Crippen LogP contribution is -2.14. The maximum atomic E-state index is 4.92. The predicted molar refractivity (Wildman–Crippen MR) is 165 cm³/mol. The van der Waals surface area contributed by atoms with E-state index in [1.54, 1.807) is 0 Å². The Hall–Kier alpha value is -4.45. The van der Waals surface area contributed by atoms with Gasteiger partial charge in [-0.05, 0) is 99.8 Å². The smallest absolute Gasteiger partial charge is 0.173 e. The van der Waals surface area contributed by atoms with E-state index < -0.39 is 0 Å². The molecule has 39 heavy (non-hydrogen) atoms. The van der Waals surface area contributed by atoms with Gasteiger partial charge < -0.3 is 4.90 Å². The topological polar surface area (TPSA) is 29.0 Å². The van der Waals surface area contributed by atoms with E-state index in [-0.39, 0.29) is 0 Å². The minimum Gasteiger partial charge on any atom is -0.308 e. The van der Waals surface area contributed by atoms with Gasteiger partial charge in [0.2, 0.25) is 0 Å². The predicted octanol–water partition coefficient (Wildman–Crippen LogP) is 10.1. The van der Waals surface area contributed by atoms with Crippen molar-refractivity contribution < 1.29 is 0 Å². The fourth-order valence-corrected chi connectivity index (χ4v) is 7.01. The molecule has 0 atom stereocenters. The summed E-state index contributed by atoms with van der Waals surface area (Å²) >= 11 is 3.27. The lowest BCUT2D eigenvalue weighted by molar-refractivity contribution is 1.16. The molecule has 7 aromatic rings. The van der Waals surface area contributed by atoms with E-state index in [2.05, 4.69) is 132 Å². The number of benzene rings is 6. The molecule has 0 N–H and O–H groups in total. The van der Waals surface area contributed by atoms with Gasteiger partial charge in [0.15, 0.2) is 5.82 Å². The van der Waals surface area contributed by atoms with Crippen molar-refractivity contribution in [3.63, 3.8) is 0 Å². The molecule has 1 aliphatic heterocycles. The molecule has 0 saturated carbocycles. The van der Waals surface area contributed by atoms with Crippen molar-refractivity contribution in [2.75, 3.05) is 4.90 Å². The van der Waals surface area contributed by atoms with E-state index in [9.17, 15) is 0 Å². The molecule has 184 valence electrons. The van der Waals surface area contributed by atoms with Gasteiger partial charge in [-0.2, -0.15) is 4.37 Å². The van der Waals surface area contributed by atoms with Gasteiger partial charge in [0.1, 0.15) is 5.01 Å². The largest absolute Gasteiger partial charge is 0.308 e. The summed E-state index contributed by atoms with van der Waals surface area (Å²) in [5, 5.41) is 5.89. The third-order valence-corrected chi connectivity index (χ3v) is 9.09. The second kappa shape index (κ2) is 9.09. The SMILES string of the molecule is c1ccc2c(c1)Sc1ccccc1N2c1ccc(-c2nsc(-c3ccc4cc5ccccc5cc4c3)n2)cc1. The Bertz CT molecular complexity index is 1960. The van der Waals surface area contributed by atoms with E-state index >= 15 is 0 Å². The summed E-state index contributed by atoms with van der Waals surface area (Å²) in [5.41, 5.74) is 5.63. The monoisotopic (exact) mass is 535 g/mol. The van der Waals surface area contributed by atoms with E-state index in [0.717, 1.165) is 27.6 Å². The molecular formula is C34H21N3S2. The number of aromatic nitrogens is 2. The first kappa shape index (κ1) is 22.5. The molecule has 2 heterocycles. The van der Waals surface area contributed by atoms with Crippen LogP contribution in [-0.4, -0.2) is 9.36 Å². The zero-order valence-electron chi connectivity index (χ0n) is 20.8. The summed E-state index contributed by atoms with van der Waals surface area (Å²) in [4.78, 5) is 9.78. The van der Waals surface area contributed by atoms with Crippen LogP contribution in [0.3, 0.4) is 0 Å². The third kappa shape index (κ3) is 3.90. The third-order valence-electron chi connectivity index (χ3n) is 7.19. The molecule has 0 spiro atoms. The molecule has 8 rings (SSSR count). The Morgan fingerprint density at radius 1 is 0.513 bits per heavy atom. The molecule has 0 radical (unpaired) electrons. The molecular weight excluding hydrogens is 515 g/mol. The Morgan fingerprint density at radius 3 is 1.82 bits per heavy atom. The molecule has 1 aromatic heterocycles. The van der Waals surface area contributed by atoms with Crippen LogP contribution in [0.4, 0.5) is 17.1 Å². The van der Waals surface area contributed by atoms with Crippen molar-refractivity contribution in [2.24, 2.45) is 0 Å². The van der Waals surface area contributed by atoms with Crippen molar-refractivity contribution >= 4 is 61.9 Å². The standard InChI is InChI=1S/C34H21N3S2/c1-2-8-24-20-27-21-26(14-13-25(27)19-23(24)7-1)34-35-33(36-39-34)22-15-17-28(18-16-22)37-29-9-3-5-11-31(29)38-32-12-6-4-10-30(32)37/h1-21H. The second-order valence-corrected chi connectivity index (χ2v) is 11.4. The molecule has 1 aliphatic rings. The maximum absolute atomic E-state index is 4.92. The number of para-hydroxylation sites is 2. The molecule has 0 fully saturated rings. The van der Waals surface area contributed by atoms with Crippen molar-refractivity contribution in [1.82, 2.24) is 9.36 Å². The van der Waals surface area contributed by atoms with Gasteiger partial charge in [-0.25, -0.2) is 4.98 Å².